The van der Waals surface area contributed by atoms with Crippen molar-refractivity contribution in [3.8, 4) is 5.69 Å². The first-order chi connectivity index (χ1) is 14.9. The lowest BCUT2D eigenvalue weighted by Gasteiger charge is -2.13. The van der Waals surface area contributed by atoms with E-state index in [-0.39, 0.29) is 11.1 Å². The highest BCUT2D eigenvalue weighted by Gasteiger charge is 2.11. The molecule has 0 bridgehead atoms. The first kappa shape index (κ1) is 20.1. The van der Waals surface area contributed by atoms with Crippen LogP contribution in [0.25, 0.3) is 28.7 Å². The van der Waals surface area contributed by atoms with Crippen LogP contribution in [0.1, 0.15) is 21.7 Å². The zero-order chi connectivity index (χ0) is 22.0. The van der Waals surface area contributed by atoms with Gasteiger partial charge in [0, 0.05) is 19.8 Å². The molecule has 0 radical (unpaired) electrons. The number of fused-ring (bicyclic) bond motifs is 1. The van der Waals surface area contributed by atoms with E-state index in [9.17, 15) is 14.7 Å². The van der Waals surface area contributed by atoms with Gasteiger partial charge in [-0.3, -0.25) is 9.36 Å². The molecular weight excluding hydrogens is 390 g/mol. The number of aromatic carboxylic acids is 1. The Morgan fingerprint density at radius 1 is 0.935 bits per heavy atom. The molecule has 0 aliphatic carbocycles. The quantitative estimate of drug-likeness (QED) is 0.505. The molecule has 4 aromatic rings. The maximum absolute atomic E-state index is 13.3. The van der Waals surface area contributed by atoms with Crippen LogP contribution < -0.4 is 15.6 Å². The normalized spacial score (nSPS) is 11.2. The maximum atomic E-state index is 13.3. The Balaban J connectivity index is 1.84. The van der Waals surface area contributed by atoms with Crippen molar-refractivity contribution in [3.63, 3.8) is 0 Å². The SMILES string of the molecule is CN(C)c1ccc(/C=C/c2nc3ccccc3c(=O)n2-c2ccc(C(=O)[O-])cc2)cc1. The number of anilines is 1. The summed E-state index contributed by atoms with van der Waals surface area (Å²) >= 11 is 0. The molecule has 1 aromatic heterocycles. The van der Waals surface area contributed by atoms with E-state index in [0.29, 0.717) is 22.4 Å². The summed E-state index contributed by atoms with van der Waals surface area (Å²) in [7, 11) is 3.96. The van der Waals surface area contributed by atoms with Gasteiger partial charge in [-0.1, -0.05) is 42.5 Å². The second-order valence-corrected chi connectivity index (χ2v) is 7.28. The van der Waals surface area contributed by atoms with Gasteiger partial charge in [-0.2, -0.15) is 0 Å². The van der Waals surface area contributed by atoms with Gasteiger partial charge in [0.25, 0.3) is 5.56 Å². The van der Waals surface area contributed by atoms with Crippen LogP contribution in [0.4, 0.5) is 5.69 Å². The van der Waals surface area contributed by atoms with E-state index >= 15 is 0 Å². The van der Waals surface area contributed by atoms with Gasteiger partial charge in [-0.15, -0.1) is 0 Å². The minimum atomic E-state index is -1.27. The van der Waals surface area contributed by atoms with Crippen LogP contribution in [-0.2, 0) is 0 Å². The smallest absolute Gasteiger partial charge is 0.266 e. The van der Waals surface area contributed by atoms with Crippen molar-refractivity contribution >= 4 is 34.7 Å². The predicted octanol–water partition coefficient (Wildman–Crippen LogP) is 2.99. The first-order valence-electron chi connectivity index (χ1n) is 9.73. The number of nitrogens with zero attached hydrogens (tertiary/aromatic N) is 3. The van der Waals surface area contributed by atoms with Crippen molar-refractivity contribution in [2.75, 3.05) is 19.0 Å². The molecular formula is C25H20N3O3-. The van der Waals surface area contributed by atoms with Crippen molar-refractivity contribution in [2.45, 2.75) is 0 Å². The van der Waals surface area contributed by atoms with Gasteiger partial charge in [0.1, 0.15) is 5.82 Å². The molecule has 0 amide bonds. The predicted molar refractivity (Wildman–Crippen MR) is 121 cm³/mol. The summed E-state index contributed by atoms with van der Waals surface area (Å²) in [4.78, 5) is 31.0. The van der Waals surface area contributed by atoms with Crippen molar-refractivity contribution in [3.05, 3.63) is 100 Å². The molecule has 0 saturated heterocycles. The number of rotatable bonds is 5. The molecule has 0 spiro atoms. The average molecular weight is 410 g/mol. The summed E-state index contributed by atoms with van der Waals surface area (Å²) in [6, 6.07) is 21.1. The zero-order valence-electron chi connectivity index (χ0n) is 17.1. The van der Waals surface area contributed by atoms with Gasteiger partial charge in [0.2, 0.25) is 0 Å². The van der Waals surface area contributed by atoms with Crippen LogP contribution in [0.2, 0.25) is 0 Å². The number of hydrogen-bond acceptors (Lipinski definition) is 5. The molecule has 3 aromatic carbocycles. The molecule has 0 atom stereocenters. The lowest BCUT2D eigenvalue weighted by atomic mass is 10.1. The van der Waals surface area contributed by atoms with Gasteiger partial charge in [-0.25, -0.2) is 4.98 Å². The maximum Gasteiger partial charge on any atom is 0.266 e. The van der Waals surface area contributed by atoms with Gasteiger partial charge in [0.05, 0.1) is 22.6 Å². The summed E-state index contributed by atoms with van der Waals surface area (Å²) < 4.78 is 1.48. The molecule has 31 heavy (non-hydrogen) atoms. The zero-order valence-corrected chi connectivity index (χ0v) is 17.1. The largest absolute Gasteiger partial charge is 0.545 e. The standard InChI is InChI=1S/C25H21N3O3/c1-27(2)19-12-7-17(8-13-19)9-16-23-26-22-6-4-3-5-21(22)24(29)28(23)20-14-10-18(11-15-20)25(30)31/h3-16H,1-2H3,(H,30,31)/p-1/b16-9+. The van der Waals surface area contributed by atoms with Crippen LogP contribution in [0, 0.1) is 0 Å². The third-order valence-electron chi connectivity index (χ3n) is 5.00. The third kappa shape index (κ3) is 4.09. The number of aromatic nitrogens is 2. The summed E-state index contributed by atoms with van der Waals surface area (Å²) in [5.41, 5.74) is 2.99. The Bertz CT molecular complexity index is 1340. The van der Waals surface area contributed by atoms with Crippen molar-refractivity contribution in [1.29, 1.82) is 0 Å². The lowest BCUT2D eigenvalue weighted by Crippen LogP contribution is -2.24. The summed E-state index contributed by atoms with van der Waals surface area (Å²) in [6.45, 7) is 0. The Morgan fingerprint density at radius 2 is 1.61 bits per heavy atom. The number of carboxylic acid groups (broad SMARTS) is 1. The lowest BCUT2D eigenvalue weighted by molar-refractivity contribution is -0.255. The number of carbonyl (C=O) groups is 1. The molecule has 1 heterocycles. The summed E-state index contributed by atoms with van der Waals surface area (Å²) in [5.74, 6) is -0.821. The highest BCUT2D eigenvalue weighted by Crippen LogP contribution is 2.17. The topological polar surface area (TPSA) is 78.3 Å². The molecule has 154 valence electrons. The van der Waals surface area contributed by atoms with E-state index in [1.54, 1.807) is 36.4 Å². The van der Waals surface area contributed by atoms with Crippen molar-refractivity contribution in [2.24, 2.45) is 0 Å². The summed E-state index contributed by atoms with van der Waals surface area (Å²) in [5, 5.41) is 11.6. The molecule has 0 unspecified atom stereocenters. The molecule has 6 heteroatoms. The molecule has 0 fully saturated rings. The van der Waals surface area contributed by atoms with Gasteiger partial charge in [-0.05, 0) is 53.6 Å². The van der Waals surface area contributed by atoms with Crippen LogP contribution in [0.15, 0.2) is 77.6 Å². The van der Waals surface area contributed by atoms with Crippen LogP contribution in [0.3, 0.4) is 0 Å². The van der Waals surface area contributed by atoms with E-state index in [0.717, 1.165) is 11.3 Å². The molecule has 0 aliphatic heterocycles. The van der Waals surface area contributed by atoms with E-state index in [2.05, 4.69) is 4.98 Å². The Hall–Kier alpha value is -4.19. The van der Waals surface area contributed by atoms with Crippen LogP contribution in [0.5, 0.6) is 0 Å². The monoisotopic (exact) mass is 410 g/mol. The fourth-order valence-electron chi connectivity index (χ4n) is 3.31. The minimum absolute atomic E-state index is 0.0450. The number of hydrogen-bond donors (Lipinski definition) is 0. The number of para-hydroxylation sites is 1. The Labute approximate surface area is 179 Å². The number of carboxylic acids is 1. The molecule has 4 rings (SSSR count). The highest BCUT2D eigenvalue weighted by atomic mass is 16.4. The van der Waals surface area contributed by atoms with Crippen molar-refractivity contribution < 1.29 is 9.90 Å². The Kier molecular flexibility index (Phi) is 5.37. The van der Waals surface area contributed by atoms with Gasteiger partial charge < -0.3 is 14.8 Å². The molecule has 0 saturated carbocycles. The average Bonchev–Trinajstić information content (AvgIpc) is 2.78. The molecule has 0 aliphatic rings. The second kappa shape index (κ2) is 8.28. The number of carbonyl (C=O) groups excluding carboxylic acids is 1. The van der Waals surface area contributed by atoms with Crippen molar-refractivity contribution in [1.82, 2.24) is 9.55 Å². The van der Waals surface area contributed by atoms with E-state index in [1.165, 1.54) is 16.7 Å². The van der Waals surface area contributed by atoms with Gasteiger partial charge >= 0.3 is 0 Å². The van der Waals surface area contributed by atoms with Gasteiger partial charge in [0.15, 0.2) is 0 Å². The van der Waals surface area contributed by atoms with Crippen LogP contribution in [-0.4, -0.2) is 29.6 Å². The second-order valence-electron chi connectivity index (χ2n) is 7.28. The Morgan fingerprint density at radius 3 is 2.26 bits per heavy atom. The fraction of sp³-hybridized carbons (Fsp3) is 0.0800. The third-order valence-corrected chi connectivity index (χ3v) is 5.00. The fourth-order valence-corrected chi connectivity index (χ4v) is 3.31. The summed E-state index contributed by atoms with van der Waals surface area (Å²) in [6.07, 6.45) is 3.67. The highest BCUT2D eigenvalue weighted by molar-refractivity contribution is 5.86. The minimum Gasteiger partial charge on any atom is -0.545 e. The van der Waals surface area contributed by atoms with E-state index < -0.39 is 5.97 Å². The van der Waals surface area contributed by atoms with E-state index in [1.807, 2.05) is 55.4 Å². The van der Waals surface area contributed by atoms with Crippen LogP contribution >= 0.6 is 0 Å². The molecule has 0 N–H and O–H groups in total. The van der Waals surface area contributed by atoms with E-state index in [4.69, 9.17) is 0 Å². The number of benzene rings is 3. The first-order valence-corrected chi connectivity index (χ1v) is 9.73. The molecule has 6 nitrogen and oxygen atoms in total.